The third kappa shape index (κ3) is 2.31. The van der Waals surface area contributed by atoms with Crippen molar-refractivity contribution in [2.75, 3.05) is 7.11 Å². The normalized spacial score (nSPS) is 10.7. The minimum absolute atomic E-state index is 0.145. The second kappa shape index (κ2) is 5.24. The topological polar surface area (TPSA) is 76.7 Å². The largest absolute Gasteiger partial charge is 0.496 e. The molecule has 0 aliphatic heterocycles. The Labute approximate surface area is 120 Å². The van der Waals surface area contributed by atoms with E-state index in [1.807, 2.05) is 24.3 Å². The summed E-state index contributed by atoms with van der Waals surface area (Å²) < 4.78 is 6.92. The number of carboxylic acid groups (broad SMARTS) is 1. The predicted octanol–water partition coefficient (Wildman–Crippen LogP) is 2.03. The summed E-state index contributed by atoms with van der Waals surface area (Å²) in [5, 5.41) is 13.6. The summed E-state index contributed by atoms with van der Waals surface area (Å²) in [7, 11) is 1.57. The molecule has 2 heterocycles. The summed E-state index contributed by atoms with van der Waals surface area (Å²) in [6.07, 6.45) is 3.22. The summed E-state index contributed by atoms with van der Waals surface area (Å²) in [6, 6.07) is 9.13. The fraction of sp³-hybridized carbons (Fsp3) is 0.133. The van der Waals surface area contributed by atoms with Crippen LogP contribution >= 0.6 is 0 Å². The van der Waals surface area contributed by atoms with Crippen molar-refractivity contribution >= 4 is 11.6 Å². The van der Waals surface area contributed by atoms with Gasteiger partial charge in [-0.05, 0) is 18.2 Å². The SMILES string of the molecule is COc1ccccc1-c1nn2cccnc2c1CC(=O)O. The molecule has 0 aliphatic carbocycles. The number of benzene rings is 1. The maximum absolute atomic E-state index is 11.2. The van der Waals surface area contributed by atoms with Gasteiger partial charge in [0.15, 0.2) is 5.65 Å². The van der Waals surface area contributed by atoms with Gasteiger partial charge in [0.25, 0.3) is 0 Å². The number of ether oxygens (including phenoxy) is 1. The van der Waals surface area contributed by atoms with E-state index < -0.39 is 5.97 Å². The molecule has 0 spiro atoms. The van der Waals surface area contributed by atoms with E-state index in [2.05, 4.69) is 10.1 Å². The smallest absolute Gasteiger partial charge is 0.308 e. The van der Waals surface area contributed by atoms with Crippen LogP contribution in [0.15, 0.2) is 42.7 Å². The molecular weight excluding hydrogens is 270 g/mol. The highest BCUT2D eigenvalue weighted by Gasteiger charge is 2.20. The Morgan fingerprint density at radius 3 is 2.90 bits per heavy atom. The molecule has 6 heteroatoms. The van der Waals surface area contributed by atoms with Gasteiger partial charge in [0.05, 0.1) is 13.5 Å². The third-order valence-corrected chi connectivity index (χ3v) is 3.18. The molecule has 0 unspecified atom stereocenters. The maximum Gasteiger partial charge on any atom is 0.308 e. The second-order valence-corrected chi connectivity index (χ2v) is 4.49. The van der Waals surface area contributed by atoms with E-state index in [1.165, 1.54) is 0 Å². The van der Waals surface area contributed by atoms with Crippen molar-refractivity contribution in [1.29, 1.82) is 0 Å². The molecule has 0 saturated carbocycles. The fourth-order valence-corrected chi connectivity index (χ4v) is 2.30. The first-order chi connectivity index (χ1) is 10.2. The van der Waals surface area contributed by atoms with Crippen LogP contribution in [0.2, 0.25) is 0 Å². The number of carbonyl (C=O) groups is 1. The monoisotopic (exact) mass is 283 g/mol. The maximum atomic E-state index is 11.2. The molecule has 2 aromatic heterocycles. The van der Waals surface area contributed by atoms with Crippen molar-refractivity contribution in [1.82, 2.24) is 14.6 Å². The first kappa shape index (κ1) is 13.1. The summed E-state index contributed by atoms with van der Waals surface area (Å²) in [6.45, 7) is 0. The summed E-state index contributed by atoms with van der Waals surface area (Å²) in [4.78, 5) is 15.4. The number of aliphatic carboxylic acids is 1. The lowest BCUT2D eigenvalue weighted by Crippen LogP contribution is -2.02. The molecule has 0 bridgehead atoms. The standard InChI is InChI=1S/C15H13N3O3/c1-21-12-6-3-2-5-10(12)14-11(9-13(19)20)15-16-7-4-8-18(15)17-14/h2-8H,9H2,1H3,(H,19,20). The first-order valence-electron chi connectivity index (χ1n) is 6.38. The number of methoxy groups -OCH3 is 1. The van der Waals surface area contributed by atoms with E-state index in [0.717, 1.165) is 5.56 Å². The van der Waals surface area contributed by atoms with Gasteiger partial charge in [-0.15, -0.1) is 0 Å². The summed E-state index contributed by atoms with van der Waals surface area (Å²) in [5.74, 6) is -0.278. The number of fused-ring (bicyclic) bond motifs is 1. The van der Waals surface area contributed by atoms with Crippen molar-refractivity contribution in [3.05, 3.63) is 48.3 Å². The second-order valence-electron chi connectivity index (χ2n) is 4.49. The van der Waals surface area contributed by atoms with E-state index in [9.17, 15) is 4.79 Å². The van der Waals surface area contributed by atoms with Gasteiger partial charge in [0.1, 0.15) is 11.4 Å². The van der Waals surface area contributed by atoms with Gasteiger partial charge in [-0.25, -0.2) is 9.50 Å². The minimum Gasteiger partial charge on any atom is -0.496 e. The van der Waals surface area contributed by atoms with E-state index >= 15 is 0 Å². The number of nitrogens with zero attached hydrogens (tertiary/aromatic N) is 3. The van der Waals surface area contributed by atoms with E-state index in [1.54, 1.807) is 30.1 Å². The van der Waals surface area contributed by atoms with Crippen LogP contribution in [-0.2, 0) is 11.2 Å². The van der Waals surface area contributed by atoms with Crippen LogP contribution in [0.4, 0.5) is 0 Å². The zero-order chi connectivity index (χ0) is 14.8. The molecule has 0 aliphatic rings. The highest BCUT2D eigenvalue weighted by atomic mass is 16.5. The van der Waals surface area contributed by atoms with Crippen molar-refractivity contribution < 1.29 is 14.6 Å². The summed E-state index contributed by atoms with van der Waals surface area (Å²) in [5.41, 5.74) is 2.45. The molecule has 0 fully saturated rings. The molecule has 0 atom stereocenters. The predicted molar refractivity (Wildman–Crippen MR) is 76.3 cm³/mol. The number of aromatic nitrogens is 3. The number of hydrogen-bond donors (Lipinski definition) is 1. The quantitative estimate of drug-likeness (QED) is 0.792. The fourth-order valence-electron chi connectivity index (χ4n) is 2.30. The molecule has 106 valence electrons. The Kier molecular flexibility index (Phi) is 3.27. The zero-order valence-corrected chi connectivity index (χ0v) is 11.4. The Bertz CT molecular complexity index is 811. The van der Waals surface area contributed by atoms with Crippen LogP contribution in [0, 0.1) is 0 Å². The van der Waals surface area contributed by atoms with Gasteiger partial charge in [-0.3, -0.25) is 4.79 Å². The van der Waals surface area contributed by atoms with Gasteiger partial charge in [0, 0.05) is 23.5 Å². The average molecular weight is 283 g/mol. The van der Waals surface area contributed by atoms with Crippen LogP contribution in [0.25, 0.3) is 16.9 Å². The summed E-state index contributed by atoms with van der Waals surface area (Å²) >= 11 is 0. The molecule has 3 aromatic rings. The van der Waals surface area contributed by atoms with Gasteiger partial charge in [0.2, 0.25) is 0 Å². The molecule has 21 heavy (non-hydrogen) atoms. The molecule has 1 aromatic carbocycles. The lowest BCUT2D eigenvalue weighted by atomic mass is 10.0. The van der Waals surface area contributed by atoms with E-state index in [-0.39, 0.29) is 6.42 Å². The van der Waals surface area contributed by atoms with E-state index in [0.29, 0.717) is 22.7 Å². The third-order valence-electron chi connectivity index (χ3n) is 3.18. The van der Waals surface area contributed by atoms with Crippen LogP contribution in [0.1, 0.15) is 5.56 Å². The zero-order valence-electron chi connectivity index (χ0n) is 11.4. The highest BCUT2D eigenvalue weighted by Crippen LogP contribution is 2.32. The molecule has 0 saturated heterocycles. The number of para-hydroxylation sites is 1. The average Bonchev–Trinajstić information content (AvgIpc) is 2.85. The molecule has 0 amide bonds. The lowest BCUT2D eigenvalue weighted by Gasteiger charge is -2.06. The van der Waals surface area contributed by atoms with Crippen LogP contribution < -0.4 is 4.74 Å². The van der Waals surface area contributed by atoms with Crippen molar-refractivity contribution in [2.24, 2.45) is 0 Å². The molecule has 1 N–H and O–H groups in total. The molecular formula is C15H13N3O3. The van der Waals surface area contributed by atoms with Crippen LogP contribution in [0.3, 0.4) is 0 Å². The van der Waals surface area contributed by atoms with Gasteiger partial charge in [-0.1, -0.05) is 12.1 Å². The highest BCUT2D eigenvalue weighted by molar-refractivity contribution is 5.81. The van der Waals surface area contributed by atoms with Crippen molar-refractivity contribution in [3.63, 3.8) is 0 Å². The van der Waals surface area contributed by atoms with Crippen LogP contribution in [-0.4, -0.2) is 32.8 Å². The van der Waals surface area contributed by atoms with Gasteiger partial charge in [-0.2, -0.15) is 5.10 Å². The van der Waals surface area contributed by atoms with Gasteiger partial charge >= 0.3 is 5.97 Å². The Morgan fingerprint density at radius 1 is 1.33 bits per heavy atom. The molecule has 3 rings (SSSR count). The molecule has 0 radical (unpaired) electrons. The first-order valence-corrected chi connectivity index (χ1v) is 6.38. The lowest BCUT2D eigenvalue weighted by molar-refractivity contribution is -0.136. The Morgan fingerprint density at radius 2 is 2.14 bits per heavy atom. The number of rotatable bonds is 4. The van der Waals surface area contributed by atoms with Crippen LogP contribution in [0.5, 0.6) is 5.75 Å². The van der Waals surface area contributed by atoms with E-state index in [4.69, 9.17) is 9.84 Å². The minimum atomic E-state index is -0.924. The Hall–Kier alpha value is -2.89. The van der Waals surface area contributed by atoms with Crippen molar-refractivity contribution in [3.8, 4) is 17.0 Å². The number of carboxylic acids is 1. The van der Waals surface area contributed by atoms with Crippen molar-refractivity contribution in [2.45, 2.75) is 6.42 Å². The number of hydrogen-bond acceptors (Lipinski definition) is 4. The van der Waals surface area contributed by atoms with Gasteiger partial charge < -0.3 is 9.84 Å². The Balaban J connectivity index is 2.28. The molecule has 6 nitrogen and oxygen atoms in total.